The second-order valence-corrected chi connectivity index (χ2v) is 4.80. The van der Waals surface area contributed by atoms with Crippen molar-refractivity contribution >= 4 is 18.0 Å². The lowest BCUT2D eigenvalue weighted by atomic mass is 10.3. The molecule has 1 saturated heterocycles. The zero-order valence-corrected chi connectivity index (χ0v) is 13.7. The first-order valence-electron chi connectivity index (χ1n) is 7.83. The fraction of sp³-hybridized carbons (Fsp3) is 0.786. The predicted octanol–water partition coefficient (Wildman–Crippen LogP) is -0.138. The highest BCUT2D eigenvalue weighted by atomic mass is 16.6. The summed E-state index contributed by atoms with van der Waals surface area (Å²) < 4.78 is 5.00. The molecule has 8 nitrogen and oxygen atoms in total. The van der Waals surface area contributed by atoms with Crippen molar-refractivity contribution in [3.05, 3.63) is 0 Å². The minimum Gasteiger partial charge on any atom is -0.450 e. The fourth-order valence-corrected chi connectivity index (χ4v) is 2.14. The van der Waals surface area contributed by atoms with Crippen molar-refractivity contribution in [2.45, 2.75) is 20.8 Å². The van der Waals surface area contributed by atoms with Crippen molar-refractivity contribution in [2.75, 3.05) is 52.4 Å². The summed E-state index contributed by atoms with van der Waals surface area (Å²) in [7, 11) is 0. The van der Waals surface area contributed by atoms with Gasteiger partial charge in [-0.05, 0) is 20.8 Å². The van der Waals surface area contributed by atoms with Gasteiger partial charge < -0.3 is 25.2 Å². The number of aliphatic imine (C=N–C) groups is 1. The van der Waals surface area contributed by atoms with Crippen LogP contribution < -0.4 is 10.6 Å². The van der Waals surface area contributed by atoms with Crippen molar-refractivity contribution in [3.8, 4) is 0 Å². The molecule has 126 valence electrons. The summed E-state index contributed by atoms with van der Waals surface area (Å²) >= 11 is 0. The first kappa shape index (κ1) is 18.1. The third-order valence-corrected chi connectivity index (χ3v) is 3.19. The summed E-state index contributed by atoms with van der Waals surface area (Å²) in [6.45, 7) is 9.98. The number of carbonyl (C=O) groups is 2. The molecule has 2 N–H and O–H groups in total. The zero-order valence-electron chi connectivity index (χ0n) is 13.7. The van der Waals surface area contributed by atoms with Gasteiger partial charge in [-0.25, -0.2) is 9.79 Å². The Bertz CT molecular complexity index is 392. The maximum Gasteiger partial charge on any atom is 0.409 e. The summed E-state index contributed by atoms with van der Waals surface area (Å²) in [5.41, 5.74) is 0. The Hall–Kier alpha value is -1.99. The Morgan fingerprint density at radius 1 is 1.00 bits per heavy atom. The van der Waals surface area contributed by atoms with Crippen molar-refractivity contribution in [1.29, 1.82) is 0 Å². The number of piperazine rings is 1. The van der Waals surface area contributed by atoms with Crippen LogP contribution in [0.3, 0.4) is 0 Å². The Morgan fingerprint density at radius 3 is 2.14 bits per heavy atom. The lowest BCUT2D eigenvalue weighted by molar-refractivity contribution is -0.119. The van der Waals surface area contributed by atoms with Gasteiger partial charge >= 0.3 is 6.09 Å². The van der Waals surface area contributed by atoms with Crippen LogP contribution in [0.15, 0.2) is 4.99 Å². The van der Waals surface area contributed by atoms with E-state index in [4.69, 9.17) is 4.74 Å². The van der Waals surface area contributed by atoms with Crippen molar-refractivity contribution in [3.63, 3.8) is 0 Å². The van der Waals surface area contributed by atoms with E-state index in [-0.39, 0.29) is 18.5 Å². The number of hydrogen-bond donors (Lipinski definition) is 2. The van der Waals surface area contributed by atoms with E-state index >= 15 is 0 Å². The van der Waals surface area contributed by atoms with Crippen LogP contribution in [-0.4, -0.2) is 80.2 Å². The number of likely N-dealkylation sites (N-methyl/N-ethyl adjacent to an activating group) is 1. The largest absolute Gasteiger partial charge is 0.450 e. The number of ether oxygens (including phenoxy) is 1. The number of guanidine groups is 1. The molecule has 0 aromatic heterocycles. The topological polar surface area (TPSA) is 86.3 Å². The Morgan fingerprint density at radius 2 is 1.59 bits per heavy atom. The lowest BCUT2D eigenvalue weighted by Crippen LogP contribution is -2.54. The van der Waals surface area contributed by atoms with Crippen LogP contribution in [-0.2, 0) is 9.53 Å². The highest BCUT2D eigenvalue weighted by Gasteiger charge is 2.23. The molecule has 8 heteroatoms. The van der Waals surface area contributed by atoms with E-state index in [9.17, 15) is 9.59 Å². The summed E-state index contributed by atoms with van der Waals surface area (Å²) in [6, 6.07) is 0. The van der Waals surface area contributed by atoms with Crippen molar-refractivity contribution in [1.82, 2.24) is 20.4 Å². The Kier molecular flexibility index (Phi) is 8.09. The first-order valence-corrected chi connectivity index (χ1v) is 7.83. The van der Waals surface area contributed by atoms with Gasteiger partial charge in [0, 0.05) is 39.3 Å². The molecule has 0 aliphatic carbocycles. The SMILES string of the molecule is CCNC(=O)CN=C(NCC)N1CCN(C(=O)OCC)CC1. The normalized spacial score (nSPS) is 15.5. The van der Waals surface area contributed by atoms with Gasteiger partial charge in [-0.1, -0.05) is 0 Å². The first-order chi connectivity index (χ1) is 10.6. The molecule has 0 spiro atoms. The minimum absolute atomic E-state index is 0.0944. The Balaban J connectivity index is 2.54. The highest BCUT2D eigenvalue weighted by molar-refractivity contribution is 5.85. The van der Waals surface area contributed by atoms with E-state index in [0.29, 0.717) is 45.3 Å². The molecule has 0 radical (unpaired) electrons. The van der Waals surface area contributed by atoms with Crippen LogP contribution in [0.1, 0.15) is 20.8 Å². The lowest BCUT2D eigenvalue weighted by Gasteiger charge is -2.35. The molecule has 1 rings (SSSR count). The summed E-state index contributed by atoms with van der Waals surface area (Å²) in [4.78, 5) is 31.3. The third kappa shape index (κ3) is 5.79. The molecule has 1 fully saturated rings. The molecule has 1 heterocycles. The molecule has 2 amide bonds. The quantitative estimate of drug-likeness (QED) is 0.545. The molecule has 1 aliphatic rings. The van der Waals surface area contributed by atoms with Crippen LogP contribution in [0.25, 0.3) is 0 Å². The number of hydrogen-bond acceptors (Lipinski definition) is 4. The van der Waals surface area contributed by atoms with Gasteiger partial charge in [0.15, 0.2) is 5.96 Å². The Labute approximate surface area is 131 Å². The monoisotopic (exact) mass is 313 g/mol. The number of nitrogens with zero attached hydrogens (tertiary/aromatic N) is 3. The van der Waals surface area contributed by atoms with Crippen LogP contribution >= 0.6 is 0 Å². The number of carbonyl (C=O) groups excluding carboxylic acids is 2. The van der Waals surface area contributed by atoms with E-state index in [2.05, 4.69) is 20.5 Å². The molecule has 0 atom stereocenters. The van der Waals surface area contributed by atoms with Gasteiger partial charge in [0.25, 0.3) is 0 Å². The van der Waals surface area contributed by atoms with Gasteiger partial charge in [0.1, 0.15) is 6.54 Å². The van der Waals surface area contributed by atoms with Gasteiger partial charge in [-0.3, -0.25) is 4.79 Å². The molecule has 0 aromatic carbocycles. The molecule has 0 unspecified atom stereocenters. The number of amides is 2. The van der Waals surface area contributed by atoms with E-state index in [1.54, 1.807) is 11.8 Å². The smallest absolute Gasteiger partial charge is 0.409 e. The second kappa shape index (κ2) is 9.86. The van der Waals surface area contributed by atoms with Crippen LogP contribution in [0, 0.1) is 0 Å². The zero-order chi connectivity index (χ0) is 16.4. The average Bonchev–Trinajstić information content (AvgIpc) is 2.52. The fourth-order valence-electron chi connectivity index (χ4n) is 2.14. The maximum absolute atomic E-state index is 11.7. The standard InChI is InChI=1S/C14H27N5O3/c1-4-15-12(20)11-17-13(16-5-2)18-7-9-19(10-8-18)14(21)22-6-3/h4-11H2,1-3H3,(H,15,20)(H,16,17). The molecule has 0 bridgehead atoms. The second-order valence-electron chi connectivity index (χ2n) is 4.80. The van der Waals surface area contributed by atoms with E-state index in [1.165, 1.54) is 0 Å². The molecular weight excluding hydrogens is 286 g/mol. The molecule has 0 aromatic rings. The third-order valence-electron chi connectivity index (χ3n) is 3.19. The van der Waals surface area contributed by atoms with Gasteiger partial charge in [-0.2, -0.15) is 0 Å². The van der Waals surface area contributed by atoms with Crippen molar-refractivity contribution < 1.29 is 14.3 Å². The van der Waals surface area contributed by atoms with Gasteiger partial charge in [0.2, 0.25) is 5.91 Å². The van der Waals surface area contributed by atoms with E-state index in [1.807, 2.05) is 13.8 Å². The van der Waals surface area contributed by atoms with Gasteiger partial charge in [-0.15, -0.1) is 0 Å². The molecule has 0 saturated carbocycles. The molecular formula is C14H27N5O3. The van der Waals surface area contributed by atoms with E-state index < -0.39 is 0 Å². The molecule has 1 aliphatic heterocycles. The van der Waals surface area contributed by atoms with Crippen LogP contribution in [0.5, 0.6) is 0 Å². The summed E-state index contributed by atoms with van der Waals surface area (Å²) in [6.07, 6.45) is -0.272. The average molecular weight is 313 g/mol. The highest BCUT2D eigenvalue weighted by Crippen LogP contribution is 2.04. The predicted molar refractivity (Wildman–Crippen MR) is 84.8 cm³/mol. The summed E-state index contributed by atoms with van der Waals surface area (Å²) in [5, 5.41) is 5.90. The summed E-state index contributed by atoms with van der Waals surface area (Å²) in [5.74, 6) is 0.611. The van der Waals surface area contributed by atoms with Crippen LogP contribution in [0.2, 0.25) is 0 Å². The van der Waals surface area contributed by atoms with E-state index in [0.717, 1.165) is 6.54 Å². The van der Waals surface area contributed by atoms with Crippen molar-refractivity contribution in [2.24, 2.45) is 4.99 Å². The minimum atomic E-state index is -0.272. The number of rotatable bonds is 5. The molecule has 22 heavy (non-hydrogen) atoms. The van der Waals surface area contributed by atoms with Crippen LogP contribution in [0.4, 0.5) is 4.79 Å². The maximum atomic E-state index is 11.7. The number of nitrogens with one attached hydrogen (secondary N) is 2. The van der Waals surface area contributed by atoms with Gasteiger partial charge in [0.05, 0.1) is 6.61 Å².